The molecule has 2 aromatic carbocycles. The molecule has 0 radical (unpaired) electrons. The number of carbonyl (C=O) groups excluding carboxylic acids is 1. The summed E-state index contributed by atoms with van der Waals surface area (Å²) in [6.45, 7) is 0.350. The lowest BCUT2D eigenvalue weighted by atomic mass is 9.97. The number of nitrogens with two attached hydrogens (primary N) is 1. The minimum atomic E-state index is -3.91. The first-order valence-electron chi connectivity index (χ1n) is 8.75. The van der Waals surface area contributed by atoms with Gasteiger partial charge in [-0.05, 0) is 55.3 Å². The van der Waals surface area contributed by atoms with E-state index in [1.165, 1.54) is 30.3 Å². The molecule has 0 heterocycles. The number of hydrogen-bond donors (Lipinski definition) is 3. The molecule has 0 aliphatic heterocycles. The third kappa shape index (κ3) is 5.01. The first-order valence-corrected chi connectivity index (χ1v) is 10.2. The van der Waals surface area contributed by atoms with E-state index in [1.807, 2.05) is 0 Å². The van der Waals surface area contributed by atoms with Crippen LogP contribution in [0.15, 0.2) is 53.4 Å². The van der Waals surface area contributed by atoms with Crippen LogP contribution < -0.4 is 15.8 Å². The molecular formula is C19H23ClFN3O3S. The van der Waals surface area contributed by atoms with Gasteiger partial charge in [-0.15, -0.1) is 12.4 Å². The van der Waals surface area contributed by atoms with Gasteiger partial charge in [-0.1, -0.05) is 18.9 Å². The third-order valence-electron chi connectivity index (χ3n) is 4.83. The highest BCUT2D eigenvalue weighted by atomic mass is 35.5. The van der Waals surface area contributed by atoms with E-state index < -0.39 is 21.4 Å². The topological polar surface area (TPSA) is 101 Å². The van der Waals surface area contributed by atoms with Crippen LogP contribution in [0.25, 0.3) is 0 Å². The van der Waals surface area contributed by atoms with E-state index in [4.69, 9.17) is 5.73 Å². The standard InChI is InChI=1S/C19H22FN3O3S.ClH/c20-15-6-8-16(9-7-15)23-27(25,26)17-5-3-4-14(12-17)18(24)22-19(13-21)10-1-2-11-19;/h3-9,12,23H,1-2,10-11,13,21H2,(H,22,24);1H. The monoisotopic (exact) mass is 427 g/mol. The van der Waals surface area contributed by atoms with Crippen molar-refractivity contribution in [1.29, 1.82) is 0 Å². The van der Waals surface area contributed by atoms with Gasteiger partial charge in [-0.2, -0.15) is 0 Å². The second kappa shape index (κ2) is 8.89. The normalized spacial score (nSPS) is 15.5. The largest absolute Gasteiger partial charge is 0.345 e. The van der Waals surface area contributed by atoms with Gasteiger partial charge in [0, 0.05) is 17.8 Å². The lowest BCUT2D eigenvalue weighted by Gasteiger charge is -2.28. The number of anilines is 1. The van der Waals surface area contributed by atoms with Crippen molar-refractivity contribution >= 4 is 34.0 Å². The summed E-state index contributed by atoms with van der Waals surface area (Å²) < 4.78 is 40.5. The van der Waals surface area contributed by atoms with Crippen molar-refractivity contribution < 1.29 is 17.6 Å². The number of sulfonamides is 1. The van der Waals surface area contributed by atoms with Crippen LogP contribution in [0.2, 0.25) is 0 Å². The van der Waals surface area contributed by atoms with E-state index in [1.54, 1.807) is 6.07 Å². The highest BCUT2D eigenvalue weighted by Gasteiger charge is 2.34. The maximum Gasteiger partial charge on any atom is 0.261 e. The van der Waals surface area contributed by atoms with E-state index >= 15 is 0 Å². The van der Waals surface area contributed by atoms with Crippen molar-refractivity contribution in [3.63, 3.8) is 0 Å². The number of nitrogens with one attached hydrogen (secondary N) is 2. The van der Waals surface area contributed by atoms with Gasteiger partial charge in [0.2, 0.25) is 0 Å². The van der Waals surface area contributed by atoms with Gasteiger partial charge < -0.3 is 11.1 Å². The molecule has 0 atom stereocenters. The van der Waals surface area contributed by atoms with Crippen molar-refractivity contribution in [2.75, 3.05) is 11.3 Å². The summed E-state index contributed by atoms with van der Waals surface area (Å²) in [5, 5.41) is 2.97. The fourth-order valence-electron chi connectivity index (χ4n) is 3.28. The summed E-state index contributed by atoms with van der Waals surface area (Å²) in [7, 11) is -3.91. The Morgan fingerprint density at radius 1 is 1.11 bits per heavy atom. The summed E-state index contributed by atoms with van der Waals surface area (Å²) in [5.74, 6) is -0.807. The number of amides is 1. The molecule has 6 nitrogen and oxygen atoms in total. The molecule has 0 aromatic heterocycles. The quantitative estimate of drug-likeness (QED) is 0.659. The first-order chi connectivity index (χ1) is 12.8. The molecule has 0 unspecified atom stereocenters. The molecule has 28 heavy (non-hydrogen) atoms. The molecule has 1 amide bonds. The Balaban J connectivity index is 0.00000280. The van der Waals surface area contributed by atoms with Crippen LogP contribution in [0.1, 0.15) is 36.0 Å². The minimum absolute atomic E-state index is 0. The first kappa shape index (κ1) is 22.1. The number of benzene rings is 2. The smallest absolute Gasteiger partial charge is 0.261 e. The van der Waals surface area contributed by atoms with Crippen LogP contribution in [-0.2, 0) is 10.0 Å². The van der Waals surface area contributed by atoms with E-state index in [0.717, 1.165) is 37.8 Å². The Morgan fingerprint density at radius 3 is 2.36 bits per heavy atom. The highest BCUT2D eigenvalue weighted by Crippen LogP contribution is 2.29. The van der Waals surface area contributed by atoms with Crippen molar-refractivity contribution in [2.24, 2.45) is 5.73 Å². The number of carbonyl (C=O) groups is 1. The molecule has 2 aromatic rings. The number of halogens is 2. The molecular weight excluding hydrogens is 405 g/mol. The van der Waals surface area contributed by atoms with Crippen LogP contribution in [0, 0.1) is 5.82 Å². The zero-order chi connectivity index (χ0) is 19.5. The maximum atomic E-state index is 13.0. The molecule has 1 aliphatic carbocycles. The van der Waals surface area contributed by atoms with Crippen molar-refractivity contribution in [3.8, 4) is 0 Å². The highest BCUT2D eigenvalue weighted by molar-refractivity contribution is 7.92. The summed E-state index contributed by atoms with van der Waals surface area (Å²) in [6, 6.07) is 10.8. The molecule has 4 N–H and O–H groups in total. The average Bonchev–Trinajstić information content (AvgIpc) is 3.12. The second-order valence-corrected chi connectivity index (χ2v) is 8.47. The zero-order valence-corrected chi connectivity index (χ0v) is 16.8. The molecule has 0 spiro atoms. The Bertz CT molecular complexity index is 930. The number of rotatable bonds is 6. The molecule has 1 saturated carbocycles. The second-order valence-electron chi connectivity index (χ2n) is 6.79. The van der Waals surface area contributed by atoms with Crippen LogP contribution in [0.5, 0.6) is 0 Å². The lowest BCUT2D eigenvalue weighted by Crippen LogP contribution is -2.51. The van der Waals surface area contributed by atoms with Crippen LogP contribution in [0.4, 0.5) is 10.1 Å². The van der Waals surface area contributed by atoms with Crippen molar-refractivity contribution in [1.82, 2.24) is 5.32 Å². The third-order valence-corrected chi connectivity index (χ3v) is 6.21. The van der Waals surface area contributed by atoms with Crippen LogP contribution >= 0.6 is 12.4 Å². The fraction of sp³-hybridized carbons (Fsp3) is 0.316. The maximum absolute atomic E-state index is 13.0. The van der Waals surface area contributed by atoms with E-state index in [2.05, 4.69) is 10.0 Å². The van der Waals surface area contributed by atoms with Crippen molar-refractivity contribution in [2.45, 2.75) is 36.1 Å². The Morgan fingerprint density at radius 2 is 1.75 bits per heavy atom. The molecule has 0 saturated heterocycles. The van der Waals surface area contributed by atoms with Gasteiger partial charge in [0.15, 0.2) is 0 Å². The van der Waals surface area contributed by atoms with Gasteiger partial charge in [-0.3, -0.25) is 9.52 Å². The predicted octanol–water partition coefficient (Wildman–Crippen LogP) is 3.05. The summed E-state index contributed by atoms with van der Waals surface area (Å²) in [6.07, 6.45) is 3.65. The van der Waals surface area contributed by atoms with Gasteiger partial charge in [0.05, 0.1) is 10.4 Å². The van der Waals surface area contributed by atoms with Gasteiger partial charge in [-0.25, -0.2) is 12.8 Å². The molecule has 0 bridgehead atoms. The summed E-state index contributed by atoms with van der Waals surface area (Å²) in [4.78, 5) is 12.6. The molecule has 1 fully saturated rings. The van der Waals surface area contributed by atoms with Crippen LogP contribution in [-0.4, -0.2) is 26.4 Å². The SMILES string of the molecule is Cl.NCC1(NC(=O)c2cccc(S(=O)(=O)Nc3ccc(F)cc3)c2)CCCC1. The van der Waals surface area contributed by atoms with Crippen LogP contribution in [0.3, 0.4) is 0 Å². The van der Waals surface area contributed by atoms with E-state index in [0.29, 0.717) is 6.54 Å². The number of hydrogen-bond acceptors (Lipinski definition) is 4. The average molecular weight is 428 g/mol. The summed E-state index contributed by atoms with van der Waals surface area (Å²) >= 11 is 0. The van der Waals surface area contributed by atoms with E-state index in [-0.39, 0.29) is 34.5 Å². The van der Waals surface area contributed by atoms with E-state index in [9.17, 15) is 17.6 Å². The van der Waals surface area contributed by atoms with Gasteiger partial charge in [0.25, 0.3) is 15.9 Å². The Hall–Kier alpha value is -2.16. The minimum Gasteiger partial charge on any atom is -0.345 e. The molecule has 1 aliphatic rings. The fourth-order valence-corrected chi connectivity index (χ4v) is 4.39. The zero-order valence-electron chi connectivity index (χ0n) is 15.2. The van der Waals surface area contributed by atoms with Crippen molar-refractivity contribution in [3.05, 3.63) is 59.9 Å². The molecule has 3 rings (SSSR count). The lowest BCUT2D eigenvalue weighted by molar-refractivity contribution is 0.0903. The predicted molar refractivity (Wildman–Crippen MR) is 109 cm³/mol. The Labute approximate surface area is 170 Å². The Kier molecular flexibility index (Phi) is 7.03. The molecule has 9 heteroatoms. The molecule has 152 valence electrons. The van der Waals surface area contributed by atoms with Gasteiger partial charge in [0.1, 0.15) is 5.82 Å². The van der Waals surface area contributed by atoms with Gasteiger partial charge >= 0.3 is 0 Å². The summed E-state index contributed by atoms with van der Waals surface area (Å²) in [5.41, 5.74) is 5.91.